The minimum atomic E-state index is -3.52. The molecule has 1 N–H and O–H groups in total. The molecule has 27 heavy (non-hydrogen) atoms. The van der Waals surface area contributed by atoms with Gasteiger partial charge in [0.25, 0.3) is 5.91 Å². The number of rotatable bonds is 6. The third kappa shape index (κ3) is 4.16. The number of nitrogens with zero attached hydrogens (tertiary/aromatic N) is 1. The van der Waals surface area contributed by atoms with Gasteiger partial charge in [0.05, 0.1) is 25.1 Å². The first-order valence-electron chi connectivity index (χ1n) is 8.61. The summed E-state index contributed by atoms with van der Waals surface area (Å²) < 4.78 is 37.1. The largest absolute Gasteiger partial charge is 0.497 e. The first-order valence-corrected chi connectivity index (χ1v) is 10.2. The highest BCUT2D eigenvalue weighted by molar-refractivity contribution is 7.92. The molecule has 8 heteroatoms. The van der Waals surface area contributed by atoms with Gasteiger partial charge >= 0.3 is 0 Å². The van der Waals surface area contributed by atoms with Crippen LogP contribution in [0.15, 0.2) is 48.5 Å². The van der Waals surface area contributed by atoms with E-state index in [1.165, 1.54) is 4.31 Å². The molecule has 0 saturated heterocycles. The van der Waals surface area contributed by atoms with E-state index in [1.807, 2.05) is 24.3 Å². The van der Waals surface area contributed by atoms with Crippen molar-refractivity contribution in [1.82, 2.24) is 5.32 Å². The number of anilines is 1. The van der Waals surface area contributed by atoms with Gasteiger partial charge < -0.3 is 14.8 Å². The molecule has 144 valence electrons. The van der Waals surface area contributed by atoms with Crippen LogP contribution in [0.3, 0.4) is 0 Å². The number of carbonyl (C=O) groups excluding carboxylic acids is 1. The molecule has 0 bridgehead atoms. The minimum Gasteiger partial charge on any atom is -0.497 e. The Balaban J connectivity index is 1.76. The number of hydrogen-bond acceptors (Lipinski definition) is 5. The van der Waals surface area contributed by atoms with Gasteiger partial charge in [-0.15, -0.1) is 0 Å². The molecule has 1 amide bonds. The molecule has 0 aromatic heterocycles. The van der Waals surface area contributed by atoms with Gasteiger partial charge in [-0.05, 0) is 36.8 Å². The van der Waals surface area contributed by atoms with E-state index in [1.54, 1.807) is 38.3 Å². The van der Waals surface area contributed by atoms with Gasteiger partial charge in [0.2, 0.25) is 10.0 Å². The predicted molar refractivity (Wildman–Crippen MR) is 103 cm³/mol. The van der Waals surface area contributed by atoms with E-state index < -0.39 is 16.1 Å². The topological polar surface area (TPSA) is 84.9 Å². The molecule has 0 aliphatic carbocycles. The van der Waals surface area contributed by atoms with Crippen molar-refractivity contribution in [3.8, 4) is 11.5 Å². The van der Waals surface area contributed by atoms with Crippen LogP contribution in [0, 0.1) is 0 Å². The number of fused-ring (bicyclic) bond motifs is 1. The summed E-state index contributed by atoms with van der Waals surface area (Å²) in [7, 11) is -1.94. The maximum Gasteiger partial charge on any atom is 0.263 e. The van der Waals surface area contributed by atoms with E-state index in [9.17, 15) is 13.2 Å². The SMILES string of the molecule is CCS(=O)(=O)N1CC(C(=O)NCc2cccc(OC)c2)Oc2ccccc21. The van der Waals surface area contributed by atoms with Gasteiger partial charge in [-0.25, -0.2) is 8.42 Å². The van der Waals surface area contributed by atoms with Crippen LogP contribution in [-0.2, 0) is 21.4 Å². The molecular weight excluding hydrogens is 368 g/mol. The minimum absolute atomic E-state index is 0.0561. The molecule has 2 aromatic carbocycles. The highest BCUT2D eigenvalue weighted by atomic mass is 32.2. The quantitative estimate of drug-likeness (QED) is 0.815. The van der Waals surface area contributed by atoms with Crippen LogP contribution in [0.4, 0.5) is 5.69 Å². The van der Waals surface area contributed by atoms with Gasteiger partial charge in [0.15, 0.2) is 6.10 Å². The summed E-state index contributed by atoms with van der Waals surface area (Å²) in [5, 5.41) is 2.80. The molecular formula is C19H22N2O5S. The monoisotopic (exact) mass is 390 g/mol. The Labute approximate surface area is 158 Å². The van der Waals surface area contributed by atoms with E-state index in [-0.39, 0.29) is 24.7 Å². The Bertz CT molecular complexity index is 929. The number of methoxy groups -OCH3 is 1. The Morgan fingerprint density at radius 2 is 2.04 bits per heavy atom. The highest BCUT2D eigenvalue weighted by Crippen LogP contribution is 2.35. The third-order valence-corrected chi connectivity index (χ3v) is 6.08. The number of hydrogen-bond donors (Lipinski definition) is 1. The van der Waals surface area contributed by atoms with Crippen LogP contribution in [0.5, 0.6) is 11.5 Å². The van der Waals surface area contributed by atoms with Crippen molar-refractivity contribution < 1.29 is 22.7 Å². The van der Waals surface area contributed by atoms with Crippen LogP contribution in [0.1, 0.15) is 12.5 Å². The molecule has 0 radical (unpaired) electrons. The summed E-state index contributed by atoms with van der Waals surface area (Å²) in [6.45, 7) is 1.81. The van der Waals surface area contributed by atoms with Crippen molar-refractivity contribution >= 4 is 21.6 Å². The van der Waals surface area contributed by atoms with E-state index in [0.29, 0.717) is 17.2 Å². The summed E-state index contributed by atoms with van der Waals surface area (Å²) in [6.07, 6.45) is -0.924. The molecule has 1 atom stereocenters. The molecule has 1 heterocycles. The number of sulfonamides is 1. The first kappa shape index (κ1) is 19.0. The summed E-state index contributed by atoms with van der Waals surface area (Å²) in [5.41, 5.74) is 1.33. The van der Waals surface area contributed by atoms with Gasteiger partial charge in [0.1, 0.15) is 11.5 Å². The summed E-state index contributed by atoms with van der Waals surface area (Å²) in [4.78, 5) is 12.6. The number of carbonyl (C=O) groups is 1. The van der Waals surface area contributed by atoms with Crippen LogP contribution in [-0.4, -0.2) is 39.8 Å². The maximum atomic E-state index is 12.6. The molecule has 0 fully saturated rings. The van der Waals surface area contributed by atoms with E-state index in [4.69, 9.17) is 9.47 Å². The fourth-order valence-electron chi connectivity index (χ4n) is 2.84. The average Bonchev–Trinajstić information content (AvgIpc) is 2.71. The second-order valence-corrected chi connectivity index (χ2v) is 8.26. The number of para-hydroxylation sites is 2. The lowest BCUT2D eigenvalue weighted by atomic mass is 10.2. The second-order valence-electron chi connectivity index (χ2n) is 6.08. The molecule has 0 spiro atoms. The lowest BCUT2D eigenvalue weighted by Gasteiger charge is -2.34. The van der Waals surface area contributed by atoms with Gasteiger partial charge in [0, 0.05) is 6.54 Å². The smallest absolute Gasteiger partial charge is 0.263 e. The zero-order chi connectivity index (χ0) is 19.4. The molecule has 1 aliphatic heterocycles. The number of amides is 1. The number of benzene rings is 2. The van der Waals surface area contributed by atoms with E-state index in [0.717, 1.165) is 5.56 Å². The third-order valence-electron chi connectivity index (χ3n) is 4.33. The number of ether oxygens (including phenoxy) is 2. The highest BCUT2D eigenvalue weighted by Gasteiger charge is 2.35. The van der Waals surface area contributed by atoms with Crippen molar-refractivity contribution in [3.05, 3.63) is 54.1 Å². The van der Waals surface area contributed by atoms with Crippen LogP contribution in [0.25, 0.3) is 0 Å². The van der Waals surface area contributed by atoms with Gasteiger partial charge in [-0.2, -0.15) is 0 Å². The Hall–Kier alpha value is -2.74. The normalized spacial score (nSPS) is 16.2. The van der Waals surface area contributed by atoms with Crippen molar-refractivity contribution in [1.29, 1.82) is 0 Å². The lowest BCUT2D eigenvalue weighted by molar-refractivity contribution is -0.127. The molecule has 0 saturated carbocycles. The van der Waals surface area contributed by atoms with Gasteiger partial charge in [-0.3, -0.25) is 9.10 Å². The summed E-state index contributed by atoms with van der Waals surface area (Å²) in [5.74, 6) is 0.648. The zero-order valence-electron chi connectivity index (χ0n) is 15.2. The van der Waals surface area contributed by atoms with Crippen molar-refractivity contribution in [2.75, 3.05) is 23.7 Å². The predicted octanol–water partition coefficient (Wildman–Crippen LogP) is 1.93. The first-order chi connectivity index (χ1) is 12.9. The van der Waals surface area contributed by atoms with E-state index in [2.05, 4.69) is 5.32 Å². The standard InChI is InChI=1S/C19H22N2O5S/c1-3-27(23,24)21-13-18(26-17-10-5-4-9-16(17)21)19(22)20-12-14-7-6-8-15(11-14)25-2/h4-11,18H,3,12-13H2,1-2H3,(H,20,22). The lowest BCUT2D eigenvalue weighted by Crippen LogP contribution is -2.50. The molecule has 3 rings (SSSR count). The molecule has 1 unspecified atom stereocenters. The Kier molecular flexibility index (Phi) is 5.55. The molecule has 2 aromatic rings. The van der Waals surface area contributed by atoms with Crippen molar-refractivity contribution in [2.45, 2.75) is 19.6 Å². The maximum absolute atomic E-state index is 12.6. The van der Waals surface area contributed by atoms with Crippen LogP contribution >= 0.6 is 0 Å². The Morgan fingerprint density at radius 1 is 1.26 bits per heavy atom. The van der Waals surface area contributed by atoms with Crippen LogP contribution < -0.4 is 19.1 Å². The Morgan fingerprint density at radius 3 is 2.78 bits per heavy atom. The van der Waals surface area contributed by atoms with E-state index >= 15 is 0 Å². The molecule has 7 nitrogen and oxygen atoms in total. The summed E-state index contributed by atoms with van der Waals surface area (Å²) >= 11 is 0. The average molecular weight is 390 g/mol. The zero-order valence-corrected chi connectivity index (χ0v) is 16.0. The van der Waals surface area contributed by atoms with Crippen molar-refractivity contribution in [3.63, 3.8) is 0 Å². The van der Waals surface area contributed by atoms with Crippen LogP contribution in [0.2, 0.25) is 0 Å². The fraction of sp³-hybridized carbons (Fsp3) is 0.316. The van der Waals surface area contributed by atoms with Crippen molar-refractivity contribution in [2.24, 2.45) is 0 Å². The second kappa shape index (κ2) is 7.87. The summed E-state index contributed by atoms with van der Waals surface area (Å²) in [6, 6.07) is 14.2. The number of nitrogens with one attached hydrogen (secondary N) is 1. The van der Waals surface area contributed by atoms with Gasteiger partial charge in [-0.1, -0.05) is 24.3 Å². The molecule has 1 aliphatic rings. The fourth-order valence-corrected chi connectivity index (χ4v) is 3.97.